The lowest BCUT2D eigenvalue weighted by Gasteiger charge is -2.34. The van der Waals surface area contributed by atoms with Crippen molar-refractivity contribution in [2.24, 2.45) is 0 Å². The van der Waals surface area contributed by atoms with Gasteiger partial charge in [-0.25, -0.2) is 4.68 Å². The van der Waals surface area contributed by atoms with Gasteiger partial charge >= 0.3 is 0 Å². The fraction of sp³-hybridized carbons (Fsp3) is 0.381. The van der Waals surface area contributed by atoms with Crippen LogP contribution >= 0.6 is 11.6 Å². The molecule has 2 aromatic heterocycles. The zero-order valence-corrected chi connectivity index (χ0v) is 17.3. The number of anilines is 1. The molecule has 0 radical (unpaired) electrons. The number of aromatic nitrogens is 4. The van der Waals surface area contributed by atoms with Crippen LogP contribution in [0.15, 0.2) is 47.4 Å². The van der Waals surface area contributed by atoms with Crippen LogP contribution in [0.1, 0.15) is 17.0 Å². The smallest absolute Gasteiger partial charge is 0.287 e. The average molecular weight is 414 g/mol. The molecule has 1 fully saturated rings. The third kappa shape index (κ3) is 4.36. The number of benzene rings is 1. The molecular weight excluding hydrogens is 390 g/mol. The number of hydrogen-bond acceptors (Lipinski definition) is 5. The molecule has 8 heteroatoms. The van der Waals surface area contributed by atoms with Gasteiger partial charge in [0.2, 0.25) is 0 Å². The number of morpholine rings is 1. The van der Waals surface area contributed by atoms with Gasteiger partial charge in [-0.1, -0.05) is 41.9 Å². The maximum atomic E-state index is 12.8. The van der Waals surface area contributed by atoms with Crippen LogP contribution in [-0.4, -0.2) is 45.4 Å². The Morgan fingerprint density at radius 3 is 2.72 bits per heavy atom. The van der Waals surface area contributed by atoms with Crippen LogP contribution in [0.25, 0.3) is 0 Å². The first kappa shape index (κ1) is 19.7. The first-order chi connectivity index (χ1) is 14.0. The lowest BCUT2D eigenvalue weighted by Crippen LogP contribution is -2.45. The molecule has 0 bridgehead atoms. The van der Waals surface area contributed by atoms with Crippen molar-refractivity contribution in [3.63, 3.8) is 0 Å². The van der Waals surface area contributed by atoms with Gasteiger partial charge in [-0.15, -0.1) is 0 Å². The third-order valence-electron chi connectivity index (χ3n) is 5.10. The van der Waals surface area contributed by atoms with E-state index in [1.165, 1.54) is 4.68 Å². The highest BCUT2D eigenvalue weighted by molar-refractivity contribution is 6.33. The van der Waals surface area contributed by atoms with Gasteiger partial charge in [0.1, 0.15) is 5.02 Å². The Morgan fingerprint density at radius 1 is 1.21 bits per heavy atom. The van der Waals surface area contributed by atoms with E-state index >= 15 is 0 Å². The summed E-state index contributed by atoms with van der Waals surface area (Å²) in [7, 11) is 0. The van der Waals surface area contributed by atoms with Crippen LogP contribution in [0.4, 0.5) is 5.69 Å². The van der Waals surface area contributed by atoms with E-state index in [0.29, 0.717) is 38.5 Å². The average Bonchev–Trinajstić information content (AvgIpc) is 3.03. The van der Waals surface area contributed by atoms with Crippen LogP contribution in [0.5, 0.6) is 0 Å². The monoisotopic (exact) mass is 413 g/mol. The predicted octanol–water partition coefficient (Wildman–Crippen LogP) is 2.66. The molecule has 1 aliphatic rings. The lowest BCUT2D eigenvalue weighted by atomic mass is 10.2. The molecule has 0 saturated carbocycles. The Hall–Kier alpha value is -2.64. The summed E-state index contributed by atoms with van der Waals surface area (Å²) in [4.78, 5) is 14.8. The van der Waals surface area contributed by atoms with E-state index in [1.54, 1.807) is 6.20 Å². The molecule has 1 unspecified atom stereocenters. The second-order valence-corrected chi connectivity index (χ2v) is 7.72. The van der Waals surface area contributed by atoms with Crippen molar-refractivity contribution in [3.8, 4) is 0 Å². The zero-order chi connectivity index (χ0) is 20.4. The van der Waals surface area contributed by atoms with E-state index in [0.717, 1.165) is 17.0 Å². The number of hydrogen-bond donors (Lipinski definition) is 0. The molecule has 3 heterocycles. The van der Waals surface area contributed by atoms with Crippen LogP contribution in [0, 0.1) is 13.8 Å². The SMILES string of the molecule is Cc1cc(C)n(CC2CN(c3cnn(Cc4ccccc4)c(=O)c3Cl)CCO2)n1. The summed E-state index contributed by atoms with van der Waals surface area (Å²) in [5.41, 5.74) is 3.47. The van der Waals surface area contributed by atoms with Gasteiger partial charge in [-0.05, 0) is 25.5 Å². The molecule has 0 N–H and O–H groups in total. The summed E-state index contributed by atoms with van der Waals surface area (Å²) >= 11 is 6.46. The number of ether oxygens (including phenoxy) is 1. The molecule has 1 atom stereocenters. The maximum Gasteiger partial charge on any atom is 0.287 e. The Labute approximate surface area is 174 Å². The highest BCUT2D eigenvalue weighted by Crippen LogP contribution is 2.24. The standard InChI is InChI=1S/C21H24ClN5O2/c1-15-10-16(2)26(24-15)14-18-13-25(8-9-29-18)19-11-23-27(21(28)20(19)22)12-17-6-4-3-5-7-17/h3-7,10-11,18H,8-9,12-14H2,1-2H3. The molecule has 0 amide bonds. The van der Waals surface area contributed by atoms with Crippen molar-refractivity contribution in [2.45, 2.75) is 33.0 Å². The van der Waals surface area contributed by atoms with Crippen LogP contribution in [0.3, 0.4) is 0 Å². The quantitative estimate of drug-likeness (QED) is 0.643. The van der Waals surface area contributed by atoms with Crippen LogP contribution in [0.2, 0.25) is 5.02 Å². The van der Waals surface area contributed by atoms with E-state index in [-0.39, 0.29) is 16.7 Å². The summed E-state index contributed by atoms with van der Waals surface area (Å²) in [6.45, 7) is 6.92. The minimum atomic E-state index is -0.283. The second-order valence-electron chi connectivity index (χ2n) is 7.34. The molecular formula is C21H24ClN5O2. The minimum absolute atomic E-state index is 0.0374. The second kappa shape index (κ2) is 8.39. The minimum Gasteiger partial charge on any atom is -0.373 e. The van der Waals surface area contributed by atoms with Gasteiger partial charge < -0.3 is 9.64 Å². The molecule has 1 aromatic carbocycles. The largest absolute Gasteiger partial charge is 0.373 e. The maximum absolute atomic E-state index is 12.8. The lowest BCUT2D eigenvalue weighted by molar-refractivity contribution is 0.0270. The molecule has 29 heavy (non-hydrogen) atoms. The van der Waals surface area contributed by atoms with Crippen LogP contribution in [-0.2, 0) is 17.8 Å². The molecule has 1 saturated heterocycles. The van der Waals surface area contributed by atoms with Gasteiger partial charge in [-0.2, -0.15) is 10.2 Å². The highest BCUT2D eigenvalue weighted by atomic mass is 35.5. The number of nitrogens with zero attached hydrogens (tertiary/aromatic N) is 5. The van der Waals surface area contributed by atoms with Gasteiger partial charge in [0.15, 0.2) is 0 Å². The van der Waals surface area contributed by atoms with Crippen molar-refractivity contribution < 1.29 is 4.74 Å². The third-order valence-corrected chi connectivity index (χ3v) is 5.46. The fourth-order valence-corrected chi connectivity index (χ4v) is 3.91. The topological polar surface area (TPSA) is 65.2 Å². The number of halogens is 1. The van der Waals surface area contributed by atoms with E-state index in [4.69, 9.17) is 16.3 Å². The molecule has 1 aliphatic heterocycles. The molecule has 0 spiro atoms. The Balaban J connectivity index is 1.51. The molecule has 4 rings (SSSR count). The Bertz CT molecular complexity index is 1050. The van der Waals surface area contributed by atoms with Crippen molar-refractivity contribution in [2.75, 3.05) is 24.6 Å². The first-order valence-electron chi connectivity index (χ1n) is 9.68. The summed E-state index contributed by atoms with van der Waals surface area (Å²) in [5, 5.41) is 9.06. The fourth-order valence-electron chi connectivity index (χ4n) is 3.65. The Morgan fingerprint density at radius 2 is 2.00 bits per heavy atom. The molecule has 0 aliphatic carbocycles. The van der Waals surface area contributed by atoms with Crippen molar-refractivity contribution in [3.05, 3.63) is 74.9 Å². The summed E-state index contributed by atoms with van der Waals surface area (Å²) in [5.74, 6) is 0. The number of rotatable bonds is 5. The van der Waals surface area contributed by atoms with Crippen molar-refractivity contribution >= 4 is 17.3 Å². The van der Waals surface area contributed by atoms with Gasteiger partial charge in [-0.3, -0.25) is 9.48 Å². The molecule has 3 aromatic rings. The van der Waals surface area contributed by atoms with E-state index in [9.17, 15) is 4.79 Å². The summed E-state index contributed by atoms with van der Waals surface area (Å²) in [6, 6.07) is 11.8. The van der Waals surface area contributed by atoms with Gasteiger partial charge in [0, 0.05) is 18.8 Å². The highest BCUT2D eigenvalue weighted by Gasteiger charge is 2.25. The number of aryl methyl sites for hydroxylation is 2. The Kier molecular flexibility index (Phi) is 5.69. The normalized spacial score (nSPS) is 16.9. The summed E-state index contributed by atoms with van der Waals surface area (Å²) in [6.07, 6.45) is 1.64. The van der Waals surface area contributed by atoms with Gasteiger partial charge in [0.25, 0.3) is 5.56 Å². The van der Waals surface area contributed by atoms with Crippen molar-refractivity contribution in [1.82, 2.24) is 19.6 Å². The van der Waals surface area contributed by atoms with E-state index in [1.807, 2.05) is 54.9 Å². The molecule has 7 nitrogen and oxygen atoms in total. The van der Waals surface area contributed by atoms with E-state index < -0.39 is 0 Å². The van der Waals surface area contributed by atoms with E-state index in [2.05, 4.69) is 15.1 Å². The molecule has 152 valence electrons. The first-order valence-corrected chi connectivity index (χ1v) is 10.1. The zero-order valence-electron chi connectivity index (χ0n) is 16.6. The summed E-state index contributed by atoms with van der Waals surface area (Å²) < 4.78 is 9.28. The predicted molar refractivity (Wildman–Crippen MR) is 113 cm³/mol. The van der Waals surface area contributed by atoms with Crippen LogP contribution < -0.4 is 10.5 Å². The van der Waals surface area contributed by atoms with Crippen molar-refractivity contribution in [1.29, 1.82) is 0 Å². The van der Waals surface area contributed by atoms with Gasteiger partial charge in [0.05, 0.1) is 43.4 Å².